The van der Waals surface area contributed by atoms with Crippen molar-refractivity contribution in [2.24, 2.45) is 23.2 Å². The zero-order valence-corrected chi connectivity index (χ0v) is 16.3. The van der Waals surface area contributed by atoms with E-state index in [1.165, 1.54) is 17.0 Å². The smallest absolute Gasteiger partial charge is 0.309 e. The van der Waals surface area contributed by atoms with Crippen LogP contribution in [0.5, 0.6) is 0 Å². The summed E-state index contributed by atoms with van der Waals surface area (Å²) in [6, 6.07) is 4.04. The molecule has 0 radical (unpaired) electrons. The van der Waals surface area contributed by atoms with E-state index in [4.69, 9.17) is 9.72 Å². The van der Waals surface area contributed by atoms with Gasteiger partial charge >= 0.3 is 5.97 Å². The standard InChI is InChI=1S/C21H24N2O2S/c1-11-14-6-7-21(3)9-15-17(12(2)16(21)18(14)25-20(11)24)23-19(26-15)13-5-4-8-22-10-13/h4-5,8,10-12,14,16,18H,6-7,9H2,1-3H3. The minimum Gasteiger partial charge on any atom is -0.461 e. The Labute approximate surface area is 158 Å². The van der Waals surface area contributed by atoms with Gasteiger partial charge in [-0.1, -0.05) is 20.8 Å². The molecule has 0 aromatic carbocycles. The van der Waals surface area contributed by atoms with E-state index in [1.807, 2.05) is 30.5 Å². The average Bonchev–Trinajstić information content (AvgIpc) is 3.17. The number of hydrogen-bond acceptors (Lipinski definition) is 5. The molecule has 2 aromatic heterocycles. The Kier molecular flexibility index (Phi) is 3.55. The molecular weight excluding hydrogens is 344 g/mol. The Morgan fingerprint density at radius 1 is 1.31 bits per heavy atom. The number of rotatable bonds is 1. The van der Waals surface area contributed by atoms with Crippen molar-refractivity contribution >= 4 is 17.3 Å². The topological polar surface area (TPSA) is 52.1 Å². The first-order chi connectivity index (χ1) is 12.5. The fourth-order valence-corrected chi connectivity index (χ4v) is 7.05. The number of aromatic nitrogens is 2. The predicted octanol–water partition coefficient (Wildman–Crippen LogP) is 4.46. The van der Waals surface area contributed by atoms with Gasteiger partial charge in [0.05, 0.1) is 11.6 Å². The fourth-order valence-electron chi connectivity index (χ4n) is 5.69. The maximum Gasteiger partial charge on any atom is 0.309 e. The van der Waals surface area contributed by atoms with Crippen LogP contribution in [0.3, 0.4) is 0 Å². The number of ether oxygens (including phenoxy) is 1. The van der Waals surface area contributed by atoms with Crippen LogP contribution >= 0.6 is 11.3 Å². The maximum absolute atomic E-state index is 12.2. The molecule has 5 heteroatoms. The van der Waals surface area contributed by atoms with Crippen LogP contribution in [0.2, 0.25) is 0 Å². The second-order valence-electron chi connectivity index (χ2n) is 8.61. The van der Waals surface area contributed by atoms with E-state index in [0.717, 1.165) is 23.4 Å². The van der Waals surface area contributed by atoms with E-state index in [-0.39, 0.29) is 23.4 Å². The number of esters is 1. The largest absolute Gasteiger partial charge is 0.461 e. The first-order valence-corrected chi connectivity index (χ1v) is 10.4. The zero-order chi connectivity index (χ0) is 18.1. The van der Waals surface area contributed by atoms with Gasteiger partial charge in [0.25, 0.3) is 0 Å². The predicted molar refractivity (Wildman–Crippen MR) is 101 cm³/mol. The number of carbonyl (C=O) groups excluding carboxylic acids is 1. The highest BCUT2D eigenvalue weighted by molar-refractivity contribution is 7.15. The Hall–Kier alpha value is -1.75. The van der Waals surface area contributed by atoms with Crippen LogP contribution in [0.4, 0.5) is 0 Å². The molecule has 4 nitrogen and oxygen atoms in total. The van der Waals surface area contributed by atoms with Gasteiger partial charge in [0.15, 0.2) is 0 Å². The summed E-state index contributed by atoms with van der Waals surface area (Å²) in [5, 5.41) is 1.06. The molecule has 1 saturated heterocycles. The summed E-state index contributed by atoms with van der Waals surface area (Å²) in [4.78, 5) is 22.9. The van der Waals surface area contributed by atoms with Crippen LogP contribution in [-0.2, 0) is 16.0 Å². The van der Waals surface area contributed by atoms with Crippen LogP contribution < -0.4 is 0 Å². The number of carbonyl (C=O) groups is 1. The summed E-state index contributed by atoms with van der Waals surface area (Å²) >= 11 is 1.81. The van der Waals surface area contributed by atoms with Gasteiger partial charge in [-0.05, 0) is 36.8 Å². The van der Waals surface area contributed by atoms with Crippen LogP contribution in [0.15, 0.2) is 24.5 Å². The molecule has 0 N–H and O–H groups in total. The Morgan fingerprint density at radius 3 is 2.92 bits per heavy atom. The van der Waals surface area contributed by atoms with Gasteiger partial charge in [-0.2, -0.15) is 0 Å². The van der Waals surface area contributed by atoms with Gasteiger partial charge in [-0.25, -0.2) is 4.98 Å². The summed E-state index contributed by atoms with van der Waals surface area (Å²) in [7, 11) is 0. The summed E-state index contributed by atoms with van der Waals surface area (Å²) in [6.07, 6.45) is 7.06. The lowest BCUT2D eigenvalue weighted by molar-refractivity contribution is -0.149. The molecule has 2 aromatic rings. The molecule has 2 fully saturated rings. The molecule has 2 aliphatic carbocycles. The molecule has 3 heterocycles. The normalized spacial score (nSPS) is 38.3. The van der Waals surface area contributed by atoms with Crippen LogP contribution in [0.25, 0.3) is 10.6 Å². The molecule has 136 valence electrons. The molecular formula is C21H24N2O2S. The third-order valence-electron chi connectivity index (χ3n) is 7.07. The quantitative estimate of drug-likeness (QED) is 0.698. The van der Waals surface area contributed by atoms with Crippen molar-refractivity contribution in [2.75, 3.05) is 0 Å². The van der Waals surface area contributed by atoms with Gasteiger partial charge < -0.3 is 4.74 Å². The highest BCUT2D eigenvalue weighted by Gasteiger charge is 2.58. The lowest BCUT2D eigenvalue weighted by Crippen LogP contribution is -2.50. The monoisotopic (exact) mass is 368 g/mol. The van der Waals surface area contributed by atoms with Gasteiger partial charge in [-0.3, -0.25) is 9.78 Å². The molecule has 1 aliphatic heterocycles. The van der Waals surface area contributed by atoms with Crippen molar-refractivity contribution in [1.29, 1.82) is 0 Å². The summed E-state index contributed by atoms with van der Waals surface area (Å²) in [5.41, 5.74) is 2.50. The molecule has 6 unspecified atom stereocenters. The van der Waals surface area contributed by atoms with Crippen molar-refractivity contribution < 1.29 is 9.53 Å². The van der Waals surface area contributed by atoms with E-state index in [2.05, 4.69) is 24.9 Å². The van der Waals surface area contributed by atoms with Crippen LogP contribution in [0, 0.1) is 23.2 Å². The molecule has 5 rings (SSSR count). The van der Waals surface area contributed by atoms with Crippen molar-refractivity contribution in [3.05, 3.63) is 35.1 Å². The minimum absolute atomic E-state index is 0.00317. The van der Waals surface area contributed by atoms with Crippen LogP contribution in [0.1, 0.15) is 50.1 Å². The molecule has 0 amide bonds. The maximum atomic E-state index is 12.2. The van der Waals surface area contributed by atoms with Crippen molar-refractivity contribution in [3.63, 3.8) is 0 Å². The third kappa shape index (κ3) is 2.22. The van der Waals surface area contributed by atoms with E-state index in [0.29, 0.717) is 17.8 Å². The second-order valence-corrected chi connectivity index (χ2v) is 9.69. The van der Waals surface area contributed by atoms with E-state index in [9.17, 15) is 4.79 Å². The summed E-state index contributed by atoms with van der Waals surface area (Å²) in [6.45, 7) is 6.72. The first kappa shape index (κ1) is 16.4. The Morgan fingerprint density at radius 2 is 2.15 bits per heavy atom. The highest BCUT2D eigenvalue weighted by Crippen LogP contribution is 2.59. The number of pyridine rings is 1. The van der Waals surface area contributed by atoms with Crippen molar-refractivity contribution in [3.8, 4) is 10.6 Å². The molecule has 0 bridgehead atoms. The molecule has 3 aliphatic rings. The third-order valence-corrected chi connectivity index (χ3v) is 8.19. The first-order valence-electron chi connectivity index (χ1n) is 9.58. The van der Waals surface area contributed by atoms with Crippen molar-refractivity contribution in [2.45, 2.75) is 52.1 Å². The lowest BCUT2D eigenvalue weighted by Gasteiger charge is -2.51. The summed E-state index contributed by atoms with van der Waals surface area (Å²) in [5.74, 6) is 1.10. The number of nitrogens with zero attached hydrogens (tertiary/aromatic N) is 2. The van der Waals surface area contributed by atoms with E-state index < -0.39 is 0 Å². The molecule has 6 atom stereocenters. The highest BCUT2D eigenvalue weighted by atomic mass is 32.1. The van der Waals surface area contributed by atoms with Gasteiger partial charge in [0.1, 0.15) is 11.1 Å². The minimum atomic E-state index is -0.00317. The summed E-state index contributed by atoms with van der Waals surface area (Å²) < 4.78 is 5.92. The lowest BCUT2D eigenvalue weighted by atomic mass is 9.54. The molecule has 1 saturated carbocycles. The van der Waals surface area contributed by atoms with Crippen molar-refractivity contribution in [1.82, 2.24) is 9.97 Å². The fraction of sp³-hybridized carbons (Fsp3) is 0.571. The zero-order valence-electron chi connectivity index (χ0n) is 15.4. The van der Waals surface area contributed by atoms with E-state index >= 15 is 0 Å². The molecule has 0 spiro atoms. The molecule has 26 heavy (non-hydrogen) atoms. The Balaban J connectivity index is 1.56. The average molecular weight is 369 g/mol. The van der Waals surface area contributed by atoms with Gasteiger partial charge in [0, 0.05) is 40.6 Å². The number of fused-ring (bicyclic) bond motifs is 4. The van der Waals surface area contributed by atoms with Gasteiger partial charge in [0.2, 0.25) is 0 Å². The van der Waals surface area contributed by atoms with Crippen LogP contribution in [-0.4, -0.2) is 22.0 Å². The second kappa shape index (κ2) is 5.62. The number of hydrogen-bond donors (Lipinski definition) is 0. The Bertz CT molecular complexity index is 864. The SMILES string of the molecule is CC1C(=O)OC2C1CCC1(C)Cc3sc(-c4cccnc4)nc3C(C)C21. The number of thiazole rings is 1. The van der Waals surface area contributed by atoms with Gasteiger partial charge in [-0.15, -0.1) is 11.3 Å². The van der Waals surface area contributed by atoms with E-state index in [1.54, 1.807) is 6.20 Å².